The van der Waals surface area contributed by atoms with E-state index in [-0.39, 0.29) is 17.9 Å². The molecule has 17 heavy (non-hydrogen) atoms. The van der Waals surface area contributed by atoms with Gasteiger partial charge in [-0.05, 0) is 19.4 Å². The number of hydrogen-bond acceptors (Lipinski definition) is 3. The van der Waals surface area contributed by atoms with Gasteiger partial charge in [-0.15, -0.1) is 12.3 Å². The van der Waals surface area contributed by atoms with Crippen LogP contribution < -0.4 is 10.6 Å². The Hall–Kier alpha value is -1.05. The van der Waals surface area contributed by atoms with Crippen molar-refractivity contribution in [2.45, 2.75) is 32.2 Å². The minimum Gasteiger partial charge on any atom is -0.379 e. The molecule has 2 atom stereocenters. The number of carbonyl (C=O) groups is 1. The molecule has 1 saturated heterocycles. The average molecular weight is 238 g/mol. The monoisotopic (exact) mass is 238 g/mol. The van der Waals surface area contributed by atoms with Crippen LogP contribution >= 0.6 is 0 Å². The summed E-state index contributed by atoms with van der Waals surface area (Å²) in [6, 6.07) is 0.155. The first-order valence-corrected chi connectivity index (χ1v) is 6.32. The van der Waals surface area contributed by atoms with E-state index >= 15 is 0 Å². The standard InChI is InChI=1S/C13H22N2O2/c1-3-5-6-8-15-13(16)11-9-17-10-12(11)14-7-4-2/h1,11-12,14H,4-10H2,2H3,(H,15,16). The minimum absolute atomic E-state index is 0.0626. The second kappa shape index (κ2) is 8.10. The fraction of sp³-hybridized carbons (Fsp3) is 0.769. The lowest BCUT2D eigenvalue weighted by Crippen LogP contribution is -2.44. The number of amides is 1. The Morgan fingerprint density at radius 2 is 2.29 bits per heavy atom. The van der Waals surface area contributed by atoms with E-state index in [0.29, 0.717) is 26.2 Å². The largest absolute Gasteiger partial charge is 0.379 e. The van der Waals surface area contributed by atoms with Crippen LogP contribution in [0.1, 0.15) is 26.2 Å². The zero-order valence-corrected chi connectivity index (χ0v) is 10.5. The van der Waals surface area contributed by atoms with Crippen molar-refractivity contribution in [1.82, 2.24) is 10.6 Å². The molecule has 2 N–H and O–H groups in total. The molecule has 0 aliphatic carbocycles. The number of hydrogen-bond donors (Lipinski definition) is 2. The second-order valence-electron chi connectivity index (χ2n) is 4.30. The summed E-state index contributed by atoms with van der Waals surface area (Å²) >= 11 is 0. The molecule has 96 valence electrons. The Morgan fingerprint density at radius 3 is 3.00 bits per heavy atom. The fourth-order valence-electron chi connectivity index (χ4n) is 1.88. The van der Waals surface area contributed by atoms with Crippen LogP contribution in [0, 0.1) is 18.3 Å². The number of carbonyl (C=O) groups excluding carboxylic acids is 1. The highest BCUT2D eigenvalue weighted by atomic mass is 16.5. The maximum absolute atomic E-state index is 11.9. The van der Waals surface area contributed by atoms with Crippen LogP contribution in [-0.4, -0.2) is 38.3 Å². The van der Waals surface area contributed by atoms with Crippen LogP contribution in [0.25, 0.3) is 0 Å². The molecular formula is C13H22N2O2. The molecule has 0 aromatic heterocycles. The average Bonchev–Trinajstić information content (AvgIpc) is 2.80. The van der Waals surface area contributed by atoms with Gasteiger partial charge in [0.2, 0.25) is 5.91 Å². The third kappa shape index (κ3) is 4.76. The minimum atomic E-state index is -0.0626. The van der Waals surface area contributed by atoms with Crippen molar-refractivity contribution in [2.75, 3.05) is 26.3 Å². The first-order chi connectivity index (χ1) is 8.29. The Bertz CT molecular complexity index is 273. The zero-order chi connectivity index (χ0) is 12.5. The van der Waals surface area contributed by atoms with E-state index in [9.17, 15) is 4.79 Å². The Morgan fingerprint density at radius 1 is 1.47 bits per heavy atom. The van der Waals surface area contributed by atoms with Crippen LogP contribution in [0.15, 0.2) is 0 Å². The molecule has 1 aliphatic rings. The summed E-state index contributed by atoms with van der Waals surface area (Å²) in [6.45, 7) is 4.83. The molecule has 4 heteroatoms. The topological polar surface area (TPSA) is 50.4 Å². The molecule has 0 radical (unpaired) electrons. The van der Waals surface area contributed by atoms with Gasteiger partial charge < -0.3 is 15.4 Å². The van der Waals surface area contributed by atoms with Gasteiger partial charge in [-0.25, -0.2) is 0 Å². The van der Waals surface area contributed by atoms with E-state index in [1.54, 1.807) is 0 Å². The van der Waals surface area contributed by atoms with E-state index in [4.69, 9.17) is 11.2 Å². The maximum Gasteiger partial charge on any atom is 0.227 e. The van der Waals surface area contributed by atoms with E-state index in [2.05, 4.69) is 23.5 Å². The third-order valence-corrected chi connectivity index (χ3v) is 2.87. The molecule has 1 fully saturated rings. The quantitative estimate of drug-likeness (QED) is 0.502. The molecule has 0 bridgehead atoms. The Labute approximate surface area is 103 Å². The van der Waals surface area contributed by atoms with Crippen LogP contribution in [0.5, 0.6) is 0 Å². The van der Waals surface area contributed by atoms with Gasteiger partial charge in [0.25, 0.3) is 0 Å². The van der Waals surface area contributed by atoms with Gasteiger partial charge >= 0.3 is 0 Å². The SMILES string of the molecule is C#CCCCNC(=O)C1COCC1NCCC. The molecule has 1 heterocycles. The molecular weight excluding hydrogens is 216 g/mol. The van der Waals surface area contributed by atoms with Crippen molar-refractivity contribution in [3.05, 3.63) is 0 Å². The molecule has 1 amide bonds. The van der Waals surface area contributed by atoms with Gasteiger partial charge in [-0.1, -0.05) is 6.92 Å². The van der Waals surface area contributed by atoms with Crippen molar-refractivity contribution in [1.29, 1.82) is 0 Å². The van der Waals surface area contributed by atoms with E-state index < -0.39 is 0 Å². The summed E-state index contributed by atoms with van der Waals surface area (Å²) in [7, 11) is 0. The zero-order valence-electron chi connectivity index (χ0n) is 10.5. The van der Waals surface area contributed by atoms with Gasteiger partial charge in [0, 0.05) is 19.0 Å². The van der Waals surface area contributed by atoms with Crippen LogP contribution in [0.3, 0.4) is 0 Å². The Balaban J connectivity index is 2.27. The van der Waals surface area contributed by atoms with Gasteiger partial charge in [-0.2, -0.15) is 0 Å². The first-order valence-electron chi connectivity index (χ1n) is 6.32. The molecule has 0 aromatic rings. The van der Waals surface area contributed by atoms with Gasteiger partial charge in [0.1, 0.15) is 0 Å². The van der Waals surface area contributed by atoms with E-state index in [1.165, 1.54) is 0 Å². The first kappa shape index (κ1) is 14.0. The lowest BCUT2D eigenvalue weighted by atomic mass is 10.0. The molecule has 1 aliphatic heterocycles. The summed E-state index contributed by atoms with van der Waals surface area (Å²) in [5.41, 5.74) is 0. The summed E-state index contributed by atoms with van der Waals surface area (Å²) in [6.07, 6.45) is 7.76. The van der Waals surface area contributed by atoms with Crippen molar-refractivity contribution < 1.29 is 9.53 Å². The maximum atomic E-state index is 11.9. The van der Waals surface area contributed by atoms with Crippen LogP contribution in [0.4, 0.5) is 0 Å². The normalized spacial score (nSPS) is 23.3. The second-order valence-corrected chi connectivity index (χ2v) is 4.30. The fourth-order valence-corrected chi connectivity index (χ4v) is 1.88. The number of unbranched alkanes of at least 4 members (excludes halogenated alkanes) is 1. The molecule has 4 nitrogen and oxygen atoms in total. The third-order valence-electron chi connectivity index (χ3n) is 2.87. The van der Waals surface area contributed by atoms with Crippen molar-refractivity contribution in [3.8, 4) is 12.3 Å². The highest BCUT2D eigenvalue weighted by molar-refractivity contribution is 5.79. The lowest BCUT2D eigenvalue weighted by Gasteiger charge is -2.18. The van der Waals surface area contributed by atoms with Crippen LogP contribution in [0.2, 0.25) is 0 Å². The molecule has 0 aromatic carbocycles. The molecule has 0 saturated carbocycles. The van der Waals surface area contributed by atoms with Gasteiger partial charge in [0.05, 0.1) is 19.1 Å². The van der Waals surface area contributed by atoms with Crippen molar-refractivity contribution in [3.63, 3.8) is 0 Å². The summed E-state index contributed by atoms with van der Waals surface area (Å²) in [5.74, 6) is 2.57. The highest BCUT2D eigenvalue weighted by Crippen LogP contribution is 2.13. The van der Waals surface area contributed by atoms with Gasteiger partial charge in [-0.3, -0.25) is 4.79 Å². The smallest absolute Gasteiger partial charge is 0.227 e. The lowest BCUT2D eigenvalue weighted by molar-refractivity contribution is -0.125. The van der Waals surface area contributed by atoms with Crippen molar-refractivity contribution >= 4 is 5.91 Å². The van der Waals surface area contributed by atoms with Gasteiger partial charge in [0.15, 0.2) is 0 Å². The van der Waals surface area contributed by atoms with E-state index in [0.717, 1.165) is 19.4 Å². The molecule has 0 spiro atoms. The summed E-state index contributed by atoms with van der Waals surface area (Å²) < 4.78 is 5.36. The predicted molar refractivity (Wildman–Crippen MR) is 67.5 cm³/mol. The molecule has 1 rings (SSSR count). The summed E-state index contributed by atoms with van der Waals surface area (Å²) in [5, 5.41) is 6.26. The highest BCUT2D eigenvalue weighted by Gasteiger charge is 2.33. The number of rotatable bonds is 7. The molecule has 2 unspecified atom stereocenters. The predicted octanol–water partition coefficient (Wildman–Crippen LogP) is 0.531. The van der Waals surface area contributed by atoms with Crippen molar-refractivity contribution in [2.24, 2.45) is 5.92 Å². The van der Waals surface area contributed by atoms with Crippen LogP contribution in [-0.2, 0) is 9.53 Å². The number of ether oxygens (including phenoxy) is 1. The number of terminal acetylenes is 1. The van der Waals surface area contributed by atoms with E-state index in [1.807, 2.05) is 0 Å². The summed E-state index contributed by atoms with van der Waals surface area (Å²) in [4.78, 5) is 11.9. The number of nitrogens with one attached hydrogen (secondary N) is 2. The Kier molecular flexibility index (Phi) is 6.68.